The van der Waals surface area contributed by atoms with Crippen molar-refractivity contribution in [3.63, 3.8) is 0 Å². The van der Waals surface area contributed by atoms with Crippen LogP contribution < -0.4 is 16.2 Å². The second-order valence-electron chi connectivity index (χ2n) is 5.69. The van der Waals surface area contributed by atoms with Crippen LogP contribution in [0.3, 0.4) is 0 Å². The van der Waals surface area contributed by atoms with E-state index in [-0.39, 0.29) is 29.5 Å². The summed E-state index contributed by atoms with van der Waals surface area (Å²) in [4.78, 5) is 42.2. The Morgan fingerprint density at radius 1 is 1.19 bits per heavy atom. The Morgan fingerprint density at radius 2 is 1.96 bits per heavy atom. The SMILES string of the molecule is C=CCNC(=O)CSc1nc(CC(=O)NCCc2ccccc2)cc(=O)[nH]1. The largest absolute Gasteiger partial charge is 0.355 e. The topological polar surface area (TPSA) is 104 Å². The maximum Gasteiger partial charge on any atom is 0.251 e. The summed E-state index contributed by atoms with van der Waals surface area (Å²) in [5.74, 6) is -0.279. The van der Waals surface area contributed by atoms with Crippen molar-refractivity contribution in [2.45, 2.75) is 18.0 Å². The van der Waals surface area contributed by atoms with Gasteiger partial charge in [0.25, 0.3) is 5.56 Å². The van der Waals surface area contributed by atoms with Gasteiger partial charge in [0.05, 0.1) is 17.9 Å². The van der Waals surface area contributed by atoms with Gasteiger partial charge in [-0.2, -0.15) is 0 Å². The molecule has 0 aliphatic heterocycles. The number of aromatic nitrogens is 2. The first kappa shape index (κ1) is 20.4. The first-order chi connectivity index (χ1) is 13.1. The highest BCUT2D eigenvalue weighted by atomic mass is 32.2. The third kappa shape index (κ3) is 7.91. The zero-order valence-electron chi connectivity index (χ0n) is 14.9. The lowest BCUT2D eigenvalue weighted by Crippen LogP contribution is -2.28. The Kier molecular flexibility index (Phi) is 8.31. The molecule has 2 rings (SSSR count). The first-order valence-electron chi connectivity index (χ1n) is 8.48. The van der Waals surface area contributed by atoms with E-state index in [4.69, 9.17) is 0 Å². The van der Waals surface area contributed by atoms with Gasteiger partial charge >= 0.3 is 0 Å². The first-order valence-corrected chi connectivity index (χ1v) is 9.46. The Labute approximate surface area is 161 Å². The second kappa shape index (κ2) is 11.0. The summed E-state index contributed by atoms with van der Waals surface area (Å²) in [6.45, 7) is 4.41. The van der Waals surface area contributed by atoms with E-state index in [1.165, 1.54) is 6.07 Å². The highest BCUT2D eigenvalue weighted by molar-refractivity contribution is 7.99. The van der Waals surface area contributed by atoms with Gasteiger partial charge in [0, 0.05) is 19.2 Å². The molecule has 2 aromatic rings. The van der Waals surface area contributed by atoms with Gasteiger partial charge in [-0.25, -0.2) is 4.98 Å². The zero-order valence-corrected chi connectivity index (χ0v) is 15.7. The minimum Gasteiger partial charge on any atom is -0.355 e. The molecule has 142 valence electrons. The fourth-order valence-corrected chi connectivity index (χ4v) is 2.96. The number of thioether (sulfide) groups is 1. The molecule has 0 fully saturated rings. The minimum absolute atomic E-state index is 0.00886. The van der Waals surface area contributed by atoms with Crippen LogP contribution in [-0.4, -0.2) is 40.6 Å². The predicted molar refractivity (Wildman–Crippen MR) is 106 cm³/mol. The summed E-state index contributed by atoms with van der Waals surface area (Å²) in [6, 6.07) is 11.1. The number of H-pyrrole nitrogens is 1. The monoisotopic (exact) mass is 386 g/mol. The van der Waals surface area contributed by atoms with Crippen molar-refractivity contribution >= 4 is 23.6 Å². The molecule has 0 spiro atoms. The average Bonchev–Trinajstić information content (AvgIpc) is 2.65. The van der Waals surface area contributed by atoms with Crippen molar-refractivity contribution in [3.05, 3.63) is 70.7 Å². The van der Waals surface area contributed by atoms with Crippen LogP contribution in [0.5, 0.6) is 0 Å². The summed E-state index contributed by atoms with van der Waals surface area (Å²) >= 11 is 1.10. The Morgan fingerprint density at radius 3 is 2.70 bits per heavy atom. The molecule has 0 aliphatic carbocycles. The van der Waals surface area contributed by atoms with E-state index in [9.17, 15) is 14.4 Å². The van der Waals surface area contributed by atoms with Crippen molar-refractivity contribution in [1.82, 2.24) is 20.6 Å². The van der Waals surface area contributed by atoms with Crippen LogP contribution in [0.2, 0.25) is 0 Å². The second-order valence-corrected chi connectivity index (χ2v) is 6.65. The molecule has 0 atom stereocenters. The summed E-state index contributed by atoms with van der Waals surface area (Å²) in [6.07, 6.45) is 2.32. The summed E-state index contributed by atoms with van der Waals surface area (Å²) < 4.78 is 0. The number of rotatable bonds is 10. The number of aromatic amines is 1. The van der Waals surface area contributed by atoms with Crippen LogP contribution in [0.25, 0.3) is 0 Å². The molecule has 1 aromatic carbocycles. The molecule has 0 radical (unpaired) electrons. The van der Waals surface area contributed by atoms with Crippen LogP contribution in [-0.2, 0) is 22.4 Å². The van der Waals surface area contributed by atoms with E-state index >= 15 is 0 Å². The number of benzene rings is 1. The Hall–Kier alpha value is -2.87. The van der Waals surface area contributed by atoms with Crippen LogP contribution >= 0.6 is 11.8 Å². The summed E-state index contributed by atoms with van der Waals surface area (Å²) in [5.41, 5.74) is 1.15. The number of amides is 2. The van der Waals surface area contributed by atoms with Crippen LogP contribution in [0.4, 0.5) is 0 Å². The van der Waals surface area contributed by atoms with Gasteiger partial charge in [-0.1, -0.05) is 48.2 Å². The van der Waals surface area contributed by atoms with Gasteiger partial charge in [0.2, 0.25) is 11.8 Å². The lowest BCUT2D eigenvalue weighted by Gasteiger charge is -2.06. The maximum absolute atomic E-state index is 12.1. The van der Waals surface area contributed by atoms with E-state index in [2.05, 4.69) is 27.2 Å². The lowest BCUT2D eigenvalue weighted by atomic mass is 10.1. The third-order valence-corrected chi connectivity index (χ3v) is 4.35. The molecular formula is C19H22N4O3S. The molecule has 0 saturated carbocycles. The minimum atomic E-state index is -0.355. The summed E-state index contributed by atoms with van der Waals surface area (Å²) in [5, 5.41) is 5.77. The van der Waals surface area contributed by atoms with E-state index in [1.54, 1.807) is 6.08 Å². The van der Waals surface area contributed by atoms with Crippen molar-refractivity contribution in [2.75, 3.05) is 18.8 Å². The highest BCUT2D eigenvalue weighted by Crippen LogP contribution is 2.11. The van der Waals surface area contributed by atoms with Crippen molar-refractivity contribution in [1.29, 1.82) is 0 Å². The van der Waals surface area contributed by atoms with Crippen molar-refractivity contribution in [2.24, 2.45) is 0 Å². The molecule has 0 aliphatic rings. The normalized spacial score (nSPS) is 10.2. The number of hydrogen-bond acceptors (Lipinski definition) is 5. The van der Waals surface area contributed by atoms with Crippen LogP contribution in [0.1, 0.15) is 11.3 Å². The van der Waals surface area contributed by atoms with E-state index in [0.717, 1.165) is 23.7 Å². The van der Waals surface area contributed by atoms with Gasteiger partial charge in [-0.05, 0) is 12.0 Å². The van der Waals surface area contributed by atoms with Gasteiger partial charge in [-0.3, -0.25) is 14.4 Å². The number of hydrogen-bond donors (Lipinski definition) is 3. The van der Waals surface area contributed by atoms with Crippen molar-refractivity contribution < 1.29 is 9.59 Å². The van der Waals surface area contributed by atoms with E-state index < -0.39 is 0 Å². The number of nitrogens with one attached hydrogen (secondary N) is 3. The Balaban J connectivity index is 1.83. The van der Waals surface area contributed by atoms with Crippen molar-refractivity contribution in [3.8, 4) is 0 Å². The Bertz CT molecular complexity index is 836. The van der Waals surface area contributed by atoms with Gasteiger partial charge in [-0.15, -0.1) is 6.58 Å². The third-order valence-electron chi connectivity index (χ3n) is 3.48. The maximum atomic E-state index is 12.1. The molecule has 0 unspecified atom stereocenters. The molecule has 8 heteroatoms. The predicted octanol–water partition coefficient (Wildman–Crippen LogP) is 1.07. The molecule has 1 heterocycles. The summed E-state index contributed by atoms with van der Waals surface area (Å²) in [7, 11) is 0. The zero-order chi connectivity index (χ0) is 19.5. The quantitative estimate of drug-likeness (QED) is 0.322. The molecule has 1 aromatic heterocycles. The highest BCUT2D eigenvalue weighted by Gasteiger charge is 2.09. The van der Waals surface area contributed by atoms with Gasteiger partial charge in [0.1, 0.15) is 0 Å². The number of carbonyl (C=O) groups is 2. The van der Waals surface area contributed by atoms with Crippen LogP contribution in [0.15, 0.2) is 59.0 Å². The molecule has 7 nitrogen and oxygen atoms in total. The average molecular weight is 386 g/mol. The van der Waals surface area contributed by atoms with E-state index in [0.29, 0.717) is 23.9 Å². The van der Waals surface area contributed by atoms with E-state index in [1.807, 2.05) is 30.3 Å². The molecule has 0 saturated heterocycles. The fourth-order valence-electron chi connectivity index (χ4n) is 2.23. The number of nitrogens with zero attached hydrogens (tertiary/aromatic N) is 1. The fraction of sp³-hybridized carbons (Fsp3) is 0.263. The van der Waals surface area contributed by atoms with Gasteiger partial charge in [0.15, 0.2) is 5.16 Å². The number of carbonyl (C=O) groups excluding carboxylic acids is 2. The standard InChI is InChI=1S/C19H22N4O3S/c1-2-9-20-18(26)13-27-19-22-15(12-17(25)23-19)11-16(24)21-10-8-14-6-4-3-5-7-14/h2-7,12H,1,8-11,13H2,(H,20,26)(H,21,24)(H,22,23,25). The molecule has 0 bridgehead atoms. The smallest absolute Gasteiger partial charge is 0.251 e. The molecular weight excluding hydrogens is 364 g/mol. The molecule has 2 amide bonds. The lowest BCUT2D eigenvalue weighted by molar-refractivity contribution is -0.120. The van der Waals surface area contributed by atoms with Gasteiger partial charge < -0.3 is 15.6 Å². The van der Waals surface area contributed by atoms with Crippen LogP contribution in [0, 0.1) is 0 Å². The molecule has 3 N–H and O–H groups in total. The molecule has 27 heavy (non-hydrogen) atoms.